The van der Waals surface area contributed by atoms with Gasteiger partial charge in [-0.3, -0.25) is 0 Å². The minimum absolute atomic E-state index is 0.241. The van der Waals surface area contributed by atoms with E-state index in [1.165, 1.54) is 0 Å². The highest BCUT2D eigenvalue weighted by atomic mass is 19.4. The van der Waals surface area contributed by atoms with Gasteiger partial charge in [-0.25, -0.2) is 0 Å². The molecule has 0 heterocycles. The van der Waals surface area contributed by atoms with Crippen molar-refractivity contribution in [3.8, 4) is 11.1 Å². The van der Waals surface area contributed by atoms with Crippen LogP contribution in [0.5, 0.6) is 0 Å². The van der Waals surface area contributed by atoms with Crippen molar-refractivity contribution >= 4 is 6.08 Å². The molecule has 0 unspecified atom stereocenters. The molecule has 2 rings (SSSR count). The van der Waals surface area contributed by atoms with E-state index in [0.29, 0.717) is 5.56 Å². The maximum absolute atomic E-state index is 12.0. The van der Waals surface area contributed by atoms with E-state index in [2.05, 4.69) is 0 Å². The predicted molar refractivity (Wildman–Crippen MR) is 67.0 cm³/mol. The molecule has 18 heavy (non-hydrogen) atoms. The van der Waals surface area contributed by atoms with Gasteiger partial charge in [-0.05, 0) is 16.7 Å². The third kappa shape index (κ3) is 3.48. The monoisotopic (exact) mass is 248 g/mol. The van der Waals surface area contributed by atoms with Crippen LogP contribution in [0.15, 0.2) is 60.7 Å². The van der Waals surface area contributed by atoms with E-state index in [1.54, 1.807) is 12.1 Å². The highest BCUT2D eigenvalue weighted by Gasteiger charge is 2.21. The molecule has 0 saturated heterocycles. The average Bonchev–Trinajstić information content (AvgIpc) is 2.37. The second kappa shape index (κ2) is 5.08. The number of alkyl halides is 3. The average molecular weight is 248 g/mol. The van der Waals surface area contributed by atoms with Crippen molar-refractivity contribution in [1.82, 2.24) is 0 Å². The van der Waals surface area contributed by atoms with Gasteiger partial charge in [-0.15, -0.1) is 0 Å². The first-order chi connectivity index (χ1) is 8.54. The van der Waals surface area contributed by atoms with Crippen LogP contribution in [0, 0.1) is 0 Å². The molecule has 0 aliphatic carbocycles. The molecule has 0 aliphatic heterocycles. The summed E-state index contributed by atoms with van der Waals surface area (Å²) in [5.41, 5.74) is 2.57. The maximum atomic E-state index is 12.0. The molecule has 0 fully saturated rings. The van der Waals surface area contributed by atoms with Crippen LogP contribution in [-0.2, 0) is 0 Å². The van der Waals surface area contributed by atoms with E-state index < -0.39 is 6.18 Å². The Balaban J connectivity index is 2.19. The van der Waals surface area contributed by atoms with Crippen molar-refractivity contribution < 1.29 is 13.2 Å². The number of halogens is 3. The van der Waals surface area contributed by atoms with Gasteiger partial charge in [-0.1, -0.05) is 60.7 Å². The Labute approximate surface area is 103 Å². The Morgan fingerprint density at radius 3 is 1.83 bits per heavy atom. The van der Waals surface area contributed by atoms with Crippen LogP contribution in [0.4, 0.5) is 13.2 Å². The Morgan fingerprint density at radius 1 is 0.722 bits per heavy atom. The van der Waals surface area contributed by atoms with Gasteiger partial charge in [0, 0.05) is 6.08 Å². The molecule has 0 atom stereocenters. The predicted octanol–water partition coefficient (Wildman–Crippen LogP) is 4.93. The topological polar surface area (TPSA) is 0 Å². The van der Waals surface area contributed by atoms with E-state index in [0.717, 1.165) is 17.2 Å². The molecule has 0 nitrogen and oxygen atoms in total. The standard InChI is InChI=1S/C15H11F3/c16-15(17,18)11-10-12-6-8-14(9-7-12)13-4-2-1-3-5-13/h1-11H/b11-10-. The second-order valence-corrected chi connectivity index (χ2v) is 3.86. The lowest BCUT2D eigenvalue weighted by molar-refractivity contribution is -0.0790. The van der Waals surface area contributed by atoms with Crippen LogP contribution in [0.3, 0.4) is 0 Å². The zero-order chi connectivity index (χ0) is 13.0. The Morgan fingerprint density at radius 2 is 1.28 bits per heavy atom. The van der Waals surface area contributed by atoms with Gasteiger partial charge >= 0.3 is 6.18 Å². The third-order valence-corrected chi connectivity index (χ3v) is 2.48. The number of rotatable bonds is 2. The van der Waals surface area contributed by atoms with Crippen LogP contribution in [-0.4, -0.2) is 6.18 Å². The van der Waals surface area contributed by atoms with Crippen LogP contribution in [0.1, 0.15) is 5.56 Å². The van der Waals surface area contributed by atoms with Gasteiger partial charge in [0.2, 0.25) is 0 Å². The van der Waals surface area contributed by atoms with Gasteiger partial charge in [0.1, 0.15) is 0 Å². The lowest BCUT2D eigenvalue weighted by atomic mass is 10.0. The van der Waals surface area contributed by atoms with Gasteiger partial charge in [0.05, 0.1) is 0 Å². The zero-order valence-corrected chi connectivity index (χ0v) is 9.48. The number of allylic oxidation sites excluding steroid dienone is 1. The van der Waals surface area contributed by atoms with Crippen molar-refractivity contribution in [2.24, 2.45) is 0 Å². The number of hydrogen-bond acceptors (Lipinski definition) is 0. The van der Waals surface area contributed by atoms with E-state index in [9.17, 15) is 13.2 Å². The molecule has 0 bridgehead atoms. The molecule has 3 heteroatoms. The summed E-state index contributed by atoms with van der Waals surface area (Å²) in [6.07, 6.45) is -2.96. The van der Waals surface area contributed by atoms with Gasteiger partial charge in [-0.2, -0.15) is 13.2 Å². The van der Waals surface area contributed by atoms with Crippen molar-refractivity contribution in [3.63, 3.8) is 0 Å². The fourth-order valence-corrected chi connectivity index (χ4v) is 1.61. The molecule has 2 aromatic carbocycles. The normalized spacial score (nSPS) is 11.9. The summed E-state index contributed by atoms with van der Waals surface area (Å²) in [6, 6.07) is 16.6. The summed E-state index contributed by atoms with van der Waals surface area (Å²) in [4.78, 5) is 0. The zero-order valence-electron chi connectivity index (χ0n) is 9.48. The van der Waals surface area contributed by atoms with E-state index in [4.69, 9.17) is 0 Å². The first-order valence-electron chi connectivity index (χ1n) is 5.46. The molecule has 92 valence electrons. The number of benzene rings is 2. The van der Waals surface area contributed by atoms with Crippen LogP contribution in [0.2, 0.25) is 0 Å². The molecule has 0 amide bonds. The maximum Gasteiger partial charge on any atom is 0.409 e. The van der Waals surface area contributed by atoms with Crippen molar-refractivity contribution in [1.29, 1.82) is 0 Å². The summed E-state index contributed by atoms with van der Waals surface area (Å²) < 4.78 is 36.0. The highest BCUT2D eigenvalue weighted by Crippen LogP contribution is 2.21. The highest BCUT2D eigenvalue weighted by molar-refractivity contribution is 5.65. The van der Waals surface area contributed by atoms with Crippen LogP contribution >= 0.6 is 0 Å². The molecular formula is C15H11F3. The fourth-order valence-electron chi connectivity index (χ4n) is 1.61. The molecular weight excluding hydrogens is 237 g/mol. The minimum atomic E-state index is -4.27. The van der Waals surface area contributed by atoms with Crippen molar-refractivity contribution in [3.05, 3.63) is 66.2 Å². The quantitative estimate of drug-likeness (QED) is 0.707. The summed E-state index contributed by atoms with van der Waals surface area (Å²) in [6.45, 7) is 0. The molecule has 0 radical (unpaired) electrons. The summed E-state index contributed by atoms with van der Waals surface area (Å²) in [7, 11) is 0. The molecule has 0 N–H and O–H groups in total. The first kappa shape index (κ1) is 12.4. The van der Waals surface area contributed by atoms with E-state index in [-0.39, 0.29) is 6.08 Å². The summed E-state index contributed by atoms with van der Waals surface area (Å²) >= 11 is 0. The molecule has 0 aliphatic rings. The molecule has 0 spiro atoms. The van der Waals surface area contributed by atoms with Gasteiger partial charge < -0.3 is 0 Å². The minimum Gasteiger partial charge on any atom is -0.167 e. The molecule has 0 saturated carbocycles. The van der Waals surface area contributed by atoms with Gasteiger partial charge in [0.25, 0.3) is 0 Å². The first-order valence-corrected chi connectivity index (χ1v) is 5.46. The molecule has 2 aromatic rings. The lowest BCUT2D eigenvalue weighted by Gasteiger charge is -2.02. The summed E-state index contributed by atoms with van der Waals surface area (Å²) in [5, 5.41) is 0. The fraction of sp³-hybridized carbons (Fsp3) is 0.0667. The lowest BCUT2D eigenvalue weighted by Crippen LogP contribution is -2.00. The van der Waals surface area contributed by atoms with Crippen molar-refractivity contribution in [2.75, 3.05) is 0 Å². The Hall–Kier alpha value is -2.03. The number of hydrogen-bond donors (Lipinski definition) is 0. The van der Waals surface area contributed by atoms with Crippen molar-refractivity contribution in [2.45, 2.75) is 6.18 Å². The van der Waals surface area contributed by atoms with Crippen LogP contribution in [0.25, 0.3) is 17.2 Å². The summed E-state index contributed by atoms with van der Waals surface area (Å²) in [5.74, 6) is 0. The largest absolute Gasteiger partial charge is 0.409 e. The molecule has 0 aromatic heterocycles. The smallest absolute Gasteiger partial charge is 0.167 e. The van der Waals surface area contributed by atoms with E-state index >= 15 is 0 Å². The second-order valence-electron chi connectivity index (χ2n) is 3.86. The van der Waals surface area contributed by atoms with Crippen LogP contribution < -0.4 is 0 Å². The van der Waals surface area contributed by atoms with E-state index in [1.807, 2.05) is 42.5 Å². The van der Waals surface area contributed by atoms with Gasteiger partial charge in [0.15, 0.2) is 0 Å². The third-order valence-electron chi connectivity index (χ3n) is 2.48. The Bertz CT molecular complexity index is 522. The Kier molecular flexibility index (Phi) is 3.51. The SMILES string of the molecule is FC(F)(F)/C=C\c1ccc(-c2ccccc2)cc1.